The molecule has 47 heavy (non-hydrogen) atoms. The molecule has 2 N–H and O–H groups in total. The lowest BCUT2D eigenvalue weighted by Crippen LogP contribution is -2.55. The molecule has 0 fully saturated rings. The molecule has 8 nitrogen and oxygen atoms in total. The van der Waals surface area contributed by atoms with Gasteiger partial charge in [-0.2, -0.15) is 43.2 Å². The molecule has 4 aromatic rings. The number of benzene rings is 4. The number of hydrogen-bond acceptors (Lipinski definition) is 6. The number of ketones is 2. The van der Waals surface area contributed by atoms with Gasteiger partial charge in [-0.1, -0.05) is 59.6 Å². The average Bonchev–Trinajstić information content (AvgIpc) is 2.96. The van der Waals surface area contributed by atoms with Gasteiger partial charge < -0.3 is 0 Å². The van der Waals surface area contributed by atoms with Gasteiger partial charge in [0, 0.05) is 22.3 Å². The quantitative estimate of drug-likeness (QED) is 0.108. The molecule has 0 spiro atoms. The van der Waals surface area contributed by atoms with Crippen LogP contribution in [0.5, 0.6) is 0 Å². The predicted octanol–water partition coefficient (Wildman–Crippen LogP) is 7.36. The third kappa shape index (κ3) is 6.79. The second kappa shape index (κ2) is 12.3. The van der Waals surface area contributed by atoms with E-state index in [-0.39, 0.29) is 12.1 Å². The Labute approximate surface area is 272 Å². The fraction of sp³-hybridized carbons (Fsp3) is 0.103. The Balaban J connectivity index is 1.99. The van der Waals surface area contributed by atoms with Gasteiger partial charge in [-0.15, -0.1) is 0 Å². The molecule has 0 saturated carbocycles. The molecule has 0 atom stereocenters. The first-order valence-corrected chi connectivity index (χ1v) is 16.1. The molecule has 0 bridgehead atoms. The van der Waals surface area contributed by atoms with E-state index >= 15 is 0 Å². The van der Waals surface area contributed by atoms with Gasteiger partial charge in [0.15, 0.2) is 11.6 Å². The van der Waals surface area contributed by atoms with Crippen LogP contribution in [0, 0.1) is 0 Å². The van der Waals surface area contributed by atoms with Crippen LogP contribution in [-0.4, -0.2) is 49.9 Å². The Bertz CT molecular complexity index is 2000. The van der Waals surface area contributed by atoms with E-state index in [1.165, 1.54) is 0 Å². The zero-order chi connectivity index (χ0) is 35.3. The third-order valence-electron chi connectivity index (χ3n) is 6.93. The highest BCUT2D eigenvalue weighted by Gasteiger charge is 2.72. The van der Waals surface area contributed by atoms with Gasteiger partial charge in [-0.3, -0.25) is 18.7 Å². The van der Waals surface area contributed by atoms with Gasteiger partial charge in [0.2, 0.25) is 5.41 Å². The molecule has 0 aliphatic carbocycles. The highest BCUT2D eigenvalue weighted by molar-refractivity contribution is 7.86. The Morgan fingerprint density at radius 2 is 0.894 bits per heavy atom. The lowest BCUT2D eigenvalue weighted by atomic mass is 9.71. The number of alkyl halides is 6. The molecule has 0 heterocycles. The van der Waals surface area contributed by atoms with Crippen LogP contribution in [0.4, 0.5) is 26.3 Å². The van der Waals surface area contributed by atoms with Gasteiger partial charge in [0.1, 0.15) is 0 Å². The molecular formula is C29H16Cl2F6O8S2. The minimum atomic E-state index is -6.22. The smallest absolute Gasteiger partial charge is 0.289 e. The molecule has 18 heteroatoms. The van der Waals surface area contributed by atoms with E-state index in [4.69, 9.17) is 23.2 Å². The SMILES string of the molecule is O=C(c1cccc(S(=O)(=O)O)c1)c1cc(C(c2ccc(Cl)c(C(=O)c3cccc(S(=O)(=O)O)c3)c2)(C(F)(F)F)C(F)(F)F)ccc1Cl. The molecule has 0 aliphatic rings. The second-order valence-corrected chi connectivity index (χ2v) is 13.5. The highest BCUT2D eigenvalue weighted by atomic mass is 35.5. The first kappa shape index (κ1) is 36.0. The molecule has 0 aromatic heterocycles. The number of rotatable bonds is 8. The molecule has 248 valence electrons. The summed E-state index contributed by atoms with van der Waals surface area (Å²) in [7, 11) is -9.73. The minimum Gasteiger partial charge on any atom is -0.289 e. The summed E-state index contributed by atoms with van der Waals surface area (Å²) < 4.78 is 155. The summed E-state index contributed by atoms with van der Waals surface area (Å²) in [6, 6.07) is 9.30. The summed E-state index contributed by atoms with van der Waals surface area (Å²) >= 11 is 12.0. The monoisotopic (exact) mass is 740 g/mol. The van der Waals surface area contributed by atoms with Gasteiger partial charge in [0.05, 0.1) is 19.8 Å². The maximum absolute atomic E-state index is 15.0. The molecule has 0 amide bonds. The fourth-order valence-electron chi connectivity index (χ4n) is 4.75. The standard InChI is InChI=1S/C29H16Cl2F6O8S2/c30-23-9-7-17(13-21(23)25(38)15-3-1-5-19(11-15)46(40,41)42)27(28(32,33)34,29(35,36)37)18-8-10-24(31)22(14-18)26(39)16-4-2-6-20(12-16)47(43,44)45/h1-14H,(H,40,41,42)(H,43,44,45). The number of hydrogen-bond donors (Lipinski definition) is 2. The summed E-state index contributed by atoms with van der Waals surface area (Å²) in [5.74, 6) is -2.60. The normalized spacial score (nSPS) is 13.0. The molecule has 0 radical (unpaired) electrons. The van der Waals surface area contributed by atoms with Crippen LogP contribution in [-0.2, 0) is 25.7 Å². The van der Waals surface area contributed by atoms with Crippen LogP contribution in [0.2, 0.25) is 10.0 Å². The van der Waals surface area contributed by atoms with Crippen molar-refractivity contribution in [2.24, 2.45) is 0 Å². The molecule has 0 aliphatic heterocycles. The topological polar surface area (TPSA) is 143 Å². The van der Waals surface area contributed by atoms with E-state index in [2.05, 4.69) is 0 Å². The van der Waals surface area contributed by atoms with E-state index in [0.29, 0.717) is 36.4 Å². The summed E-state index contributed by atoms with van der Waals surface area (Å²) in [6.45, 7) is 0. The van der Waals surface area contributed by atoms with E-state index in [0.717, 1.165) is 36.4 Å². The molecule has 0 saturated heterocycles. The highest BCUT2D eigenvalue weighted by Crippen LogP contribution is 2.57. The molecule has 0 unspecified atom stereocenters. The van der Waals surface area contributed by atoms with Crippen molar-refractivity contribution in [1.29, 1.82) is 0 Å². The summed E-state index contributed by atoms with van der Waals surface area (Å²) in [5, 5.41) is -1.22. The Kier molecular flexibility index (Phi) is 9.46. The Morgan fingerprint density at radius 1 is 0.553 bits per heavy atom. The first-order chi connectivity index (χ1) is 21.5. The number of halogens is 8. The lowest BCUT2D eigenvalue weighted by Gasteiger charge is -2.38. The van der Waals surface area contributed by atoms with Crippen molar-refractivity contribution in [2.75, 3.05) is 0 Å². The molecule has 4 rings (SSSR count). The Morgan fingerprint density at radius 3 is 1.19 bits per heavy atom. The molecular weight excluding hydrogens is 725 g/mol. The first-order valence-electron chi connectivity index (χ1n) is 12.5. The van der Waals surface area contributed by atoms with Gasteiger partial charge >= 0.3 is 12.4 Å². The van der Waals surface area contributed by atoms with E-state index in [1.54, 1.807) is 0 Å². The van der Waals surface area contributed by atoms with Crippen LogP contribution < -0.4 is 0 Å². The largest absolute Gasteiger partial charge is 0.411 e. The van der Waals surface area contributed by atoms with Crippen LogP contribution >= 0.6 is 23.2 Å². The Hall–Kier alpha value is -3.80. The van der Waals surface area contributed by atoms with E-state index in [9.17, 15) is 61.9 Å². The fourth-order valence-corrected chi connectivity index (χ4v) is 6.21. The minimum absolute atomic E-state index is 0.220. The van der Waals surface area contributed by atoms with Crippen LogP contribution in [0.3, 0.4) is 0 Å². The van der Waals surface area contributed by atoms with E-state index in [1.807, 2.05) is 0 Å². The third-order valence-corrected chi connectivity index (χ3v) is 9.29. The second-order valence-electron chi connectivity index (χ2n) is 9.80. The van der Waals surface area contributed by atoms with Gasteiger partial charge in [-0.05, 0) is 59.7 Å². The summed E-state index contributed by atoms with van der Waals surface area (Å²) in [5.41, 5.74) is -11.0. The zero-order valence-electron chi connectivity index (χ0n) is 22.8. The van der Waals surface area contributed by atoms with Crippen molar-refractivity contribution in [3.05, 3.63) is 128 Å². The van der Waals surface area contributed by atoms with Crippen LogP contribution in [0.1, 0.15) is 43.0 Å². The van der Waals surface area contributed by atoms with Crippen molar-refractivity contribution in [3.63, 3.8) is 0 Å². The van der Waals surface area contributed by atoms with Gasteiger partial charge in [-0.25, -0.2) is 0 Å². The van der Waals surface area contributed by atoms with Gasteiger partial charge in [0.25, 0.3) is 20.2 Å². The number of carbonyl (C=O) groups excluding carboxylic acids is 2. The van der Waals surface area contributed by atoms with E-state index < -0.39 is 103 Å². The molecule has 4 aromatic carbocycles. The zero-order valence-corrected chi connectivity index (χ0v) is 25.9. The average molecular weight is 741 g/mol. The maximum atomic E-state index is 15.0. The number of carbonyl (C=O) groups is 2. The van der Waals surface area contributed by atoms with Crippen LogP contribution in [0.15, 0.2) is 94.7 Å². The summed E-state index contributed by atoms with van der Waals surface area (Å²) in [4.78, 5) is 24.9. The van der Waals surface area contributed by atoms with Crippen molar-refractivity contribution >= 4 is 55.0 Å². The summed E-state index contributed by atoms with van der Waals surface area (Å²) in [6.07, 6.45) is -12.4. The maximum Gasteiger partial charge on any atom is 0.411 e. The van der Waals surface area contributed by atoms with Crippen LogP contribution in [0.25, 0.3) is 0 Å². The van der Waals surface area contributed by atoms with Crippen molar-refractivity contribution in [2.45, 2.75) is 27.6 Å². The van der Waals surface area contributed by atoms with Crippen molar-refractivity contribution < 1.29 is 61.9 Å². The van der Waals surface area contributed by atoms with Crippen molar-refractivity contribution in [3.8, 4) is 0 Å². The van der Waals surface area contributed by atoms with Crippen molar-refractivity contribution in [1.82, 2.24) is 0 Å². The predicted molar refractivity (Wildman–Crippen MR) is 155 cm³/mol. The lowest BCUT2D eigenvalue weighted by molar-refractivity contribution is -0.288.